The molecule has 6 heteroatoms. The zero-order chi connectivity index (χ0) is 17.8. The Kier molecular flexibility index (Phi) is 5.68. The van der Waals surface area contributed by atoms with E-state index in [0.717, 1.165) is 57.3 Å². The van der Waals surface area contributed by atoms with Gasteiger partial charge in [-0.15, -0.1) is 0 Å². The number of nitrogens with zero attached hydrogens (tertiary/aromatic N) is 2. The molecule has 2 fully saturated rings. The number of halogens is 1. The fraction of sp³-hybridized carbons (Fsp3) is 0.579. The second kappa shape index (κ2) is 7.95. The van der Waals surface area contributed by atoms with Gasteiger partial charge in [-0.1, -0.05) is 12.1 Å². The minimum atomic E-state index is -0.322. The molecule has 0 spiro atoms. The summed E-state index contributed by atoms with van der Waals surface area (Å²) >= 11 is 0. The van der Waals surface area contributed by atoms with E-state index in [1.807, 2.05) is 9.80 Å². The average molecular weight is 347 g/mol. The summed E-state index contributed by atoms with van der Waals surface area (Å²) in [6.07, 6.45) is 4.56. The quantitative estimate of drug-likeness (QED) is 0.907. The Morgan fingerprint density at radius 3 is 2.36 bits per heavy atom. The summed E-state index contributed by atoms with van der Waals surface area (Å²) in [5.41, 5.74) is 6.26. The number of rotatable bonds is 4. The summed E-state index contributed by atoms with van der Waals surface area (Å²) in [6.45, 7) is 2.49. The molecular weight excluding hydrogens is 321 g/mol. The predicted octanol–water partition coefficient (Wildman–Crippen LogP) is 2.08. The van der Waals surface area contributed by atoms with Crippen molar-refractivity contribution in [3.05, 3.63) is 35.6 Å². The third-order valence-electron chi connectivity index (χ3n) is 5.36. The lowest BCUT2D eigenvalue weighted by molar-refractivity contribution is -0.141. The minimum Gasteiger partial charge on any atom is -0.369 e. The van der Waals surface area contributed by atoms with Crippen LogP contribution in [0.1, 0.15) is 43.7 Å². The Hall–Kier alpha value is -1.95. The number of hydrogen-bond acceptors (Lipinski definition) is 3. The van der Waals surface area contributed by atoms with Crippen molar-refractivity contribution < 1.29 is 14.0 Å². The second-order valence-electron chi connectivity index (χ2n) is 7.11. The molecule has 0 saturated carbocycles. The smallest absolute Gasteiger partial charge is 0.231 e. The van der Waals surface area contributed by atoms with E-state index in [-0.39, 0.29) is 36.1 Å². The molecule has 2 saturated heterocycles. The van der Waals surface area contributed by atoms with Gasteiger partial charge in [-0.3, -0.25) is 14.5 Å². The predicted molar refractivity (Wildman–Crippen MR) is 93.1 cm³/mol. The third-order valence-corrected chi connectivity index (χ3v) is 5.36. The molecule has 0 aliphatic carbocycles. The summed E-state index contributed by atoms with van der Waals surface area (Å²) in [5.74, 6) is -0.366. The number of primary amides is 1. The van der Waals surface area contributed by atoms with Crippen LogP contribution >= 0.6 is 0 Å². The second-order valence-corrected chi connectivity index (χ2v) is 7.11. The zero-order valence-electron chi connectivity index (χ0n) is 14.5. The van der Waals surface area contributed by atoms with E-state index in [1.165, 1.54) is 12.1 Å². The van der Waals surface area contributed by atoms with Crippen LogP contribution in [0.5, 0.6) is 0 Å². The number of carbonyl (C=O) groups excluding carboxylic acids is 2. The SMILES string of the molecule is NC(=O)CN1CCC(C(=O)N2CCCCC2c2ccc(F)cc2)CC1. The van der Waals surface area contributed by atoms with Crippen LogP contribution < -0.4 is 5.73 Å². The molecule has 2 N–H and O–H groups in total. The van der Waals surface area contributed by atoms with Gasteiger partial charge in [0.1, 0.15) is 5.82 Å². The van der Waals surface area contributed by atoms with Crippen LogP contribution in [0, 0.1) is 11.7 Å². The van der Waals surface area contributed by atoms with Crippen molar-refractivity contribution >= 4 is 11.8 Å². The molecule has 1 atom stereocenters. The van der Waals surface area contributed by atoms with E-state index in [4.69, 9.17) is 5.73 Å². The highest BCUT2D eigenvalue weighted by Gasteiger charge is 2.34. The number of carbonyl (C=O) groups is 2. The number of amides is 2. The summed E-state index contributed by atoms with van der Waals surface area (Å²) in [5, 5.41) is 0. The van der Waals surface area contributed by atoms with E-state index in [9.17, 15) is 14.0 Å². The molecular formula is C19H26FN3O2. The van der Waals surface area contributed by atoms with Gasteiger partial charge in [-0.2, -0.15) is 0 Å². The van der Waals surface area contributed by atoms with Crippen molar-refractivity contribution in [2.45, 2.75) is 38.1 Å². The molecule has 1 aromatic carbocycles. The molecule has 2 aliphatic heterocycles. The van der Waals surface area contributed by atoms with Crippen molar-refractivity contribution in [1.29, 1.82) is 0 Å². The van der Waals surface area contributed by atoms with Crippen LogP contribution in [0.4, 0.5) is 4.39 Å². The molecule has 0 bridgehead atoms. The molecule has 2 heterocycles. The maximum absolute atomic E-state index is 13.2. The number of likely N-dealkylation sites (tertiary alicyclic amines) is 2. The van der Waals surface area contributed by atoms with Crippen molar-refractivity contribution in [3.8, 4) is 0 Å². The van der Waals surface area contributed by atoms with Gasteiger partial charge in [0.05, 0.1) is 12.6 Å². The lowest BCUT2D eigenvalue weighted by Crippen LogP contribution is -2.46. The standard InChI is InChI=1S/C19H26FN3O2/c20-16-6-4-14(5-7-16)17-3-1-2-10-23(17)19(25)15-8-11-22(12-9-15)13-18(21)24/h4-7,15,17H,1-3,8-13H2,(H2,21,24). The number of hydrogen-bond donors (Lipinski definition) is 1. The topological polar surface area (TPSA) is 66.6 Å². The maximum Gasteiger partial charge on any atom is 0.231 e. The molecule has 1 unspecified atom stereocenters. The van der Waals surface area contributed by atoms with Crippen molar-refractivity contribution in [1.82, 2.24) is 9.80 Å². The molecule has 3 rings (SSSR count). The monoisotopic (exact) mass is 347 g/mol. The number of benzene rings is 1. The van der Waals surface area contributed by atoms with E-state index in [1.54, 1.807) is 12.1 Å². The van der Waals surface area contributed by atoms with Crippen molar-refractivity contribution in [3.63, 3.8) is 0 Å². The van der Waals surface area contributed by atoms with Gasteiger partial charge in [-0.25, -0.2) is 4.39 Å². The zero-order valence-corrected chi connectivity index (χ0v) is 14.5. The molecule has 25 heavy (non-hydrogen) atoms. The Labute approximate surface area is 148 Å². The average Bonchev–Trinajstić information content (AvgIpc) is 2.62. The Bertz CT molecular complexity index is 612. The van der Waals surface area contributed by atoms with Gasteiger partial charge in [0.2, 0.25) is 11.8 Å². The molecule has 1 aromatic rings. The first kappa shape index (κ1) is 17.9. The first-order valence-electron chi connectivity index (χ1n) is 9.11. The highest BCUT2D eigenvalue weighted by molar-refractivity contribution is 5.80. The fourth-order valence-corrected chi connectivity index (χ4v) is 4.02. The molecule has 136 valence electrons. The normalized spacial score (nSPS) is 22.8. The summed E-state index contributed by atoms with van der Waals surface area (Å²) < 4.78 is 13.2. The Morgan fingerprint density at radius 1 is 1.04 bits per heavy atom. The van der Waals surface area contributed by atoms with Crippen LogP contribution in [-0.2, 0) is 9.59 Å². The van der Waals surface area contributed by atoms with Crippen LogP contribution in [0.25, 0.3) is 0 Å². The van der Waals surface area contributed by atoms with Gasteiger partial charge < -0.3 is 10.6 Å². The van der Waals surface area contributed by atoms with Crippen LogP contribution in [-0.4, -0.2) is 47.8 Å². The van der Waals surface area contributed by atoms with Gasteiger partial charge >= 0.3 is 0 Å². The van der Waals surface area contributed by atoms with E-state index < -0.39 is 0 Å². The van der Waals surface area contributed by atoms with Crippen molar-refractivity contribution in [2.75, 3.05) is 26.2 Å². The van der Waals surface area contributed by atoms with Crippen LogP contribution in [0.15, 0.2) is 24.3 Å². The Balaban J connectivity index is 1.65. The molecule has 2 aliphatic rings. The first-order valence-corrected chi connectivity index (χ1v) is 9.11. The molecule has 2 amide bonds. The van der Waals surface area contributed by atoms with Gasteiger partial charge in [-0.05, 0) is 62.9 Å². The lowest BCUT2D eigenvalue weighted by atomic mass is 9.90. The van der Waals surface area contributed by atoms with Crippen molar-refractivity contribution in [2.24, 2.45) is 11.7 Å². The van der Waals surface area contributed by atoms with E-state index in [0.29, 0.717) is 0 Å². The molecule has 0 aromatic heterocycles. The largest absolute Gasteiger partial charge is 0.369 e. The Morgan fingerprint density at radius 2 is 1.72 bits per heavy atom. The van der Waals surface area contributed by atoms with Gasteiger partial charge in [0, 0.05) is 12.5 Å². The molecule has 5 nitrogen and oxygen atoms in total. The number of nitrogens with two attached hydrogens (primary N) is 1. The molecule has 0 radical (unpaired) electrons. The first-order chi connectivity index (χ1) is 12.0. The lowest BCUT2D eigenvalue weighted by Gasteiger charge is -2.40. The summed E-state index contributed by atoms with van der Waals surface area (Å²) in [7, 11) is 0. The summed E-state index contributed by atoms with van der Waals surface area (Å²) in [4.78, 5) is 28.1. The third kappa shape index (κ3) is 4.37. The number of piperidine rings is 2. The maximum atomic E-state index is 13.2. The van der Waals surface area contributed by atoms with Crippen LogP contribution in [0.3, 0.4) is 0 Å². The minimum absolute atomic E-state index is 0.00479. The van der Waals surface area contributed by atoms with Gasteiger partial charge in [0.25, 0.3) is 0 Å². The highest BCUT2D eigenvalue weighted by atomic mass is 19.1. The highest BCUT2D eigenvalue weighted by Crippen LogP contribution is 2.33. The van der Waals surface area contributed by atoms with E-state index in [2.05, 4.69) is 0 Å². The van der Waals surface area contributed by atoms with Crippen LogP contribution in [0.2, 0.25) is 0 Å². The summed E-state index contributed by atoms with van der Waals surface area (Å²) in [6, 6.07) is 6.57. The fourth-order valence-electron chi connectivity index (χ4n) is 4.02. The van der Waals surface area contributed by atoms with E-state index >= 15 is 0 Å². The van der Waals surface area contributed by atoms with Gasteiger partial charge in [0.15, 0.2) is 0 Å².